The summed E-state index contributed by atoms with van der Waals surface area (Å²) in [5, 5.41) is 3.63. The van der Waals surface area contributed by atoms with Gasteiger partial charge in [0.25, 0.3) is 0 Å². The molecule has 1 aromatic rings. The van der Waals surface area contributed by atoms with E-state index in [4.69, 9.17) is 0 Å². The molecule has 0 saturated carbocycles. The van der Waals surface area contributed by atoms with E-state index in [1.807, 2.05) is 0 Å². The van der Waals surface area contributed by atoms with Gasteiger partial charge in [0.15, 0.2) is 0 Å². The zero-order valence-corrected chi connectivity index (χ0v) is 11.0. The molecule has 0 saturated heterocycles. The van der Waals surface area contributed by atoms with Crippen LogP contribution in [0.2, 0.25) is 0 Å². The first kappa shape index (κ1) is 13.2. The molecule has 16 heavy (non-hydrogen) atoms. The molecule has 1 rings (SSSR count). The van der Waals surface area contributed by atoms with Crippen molar-refractivity contribution in [2.45, 2.75) is 46.1 Å². The van der Waals surface area contributed by atoms with Gasteiger partial charge in [-0.05, 0) is 24.3 Å². The van der Waals surface area contributed by atoms with Crippen LogP contribution < -0.4 is 5.32 Å². The van der Waals surface area contributed by atoms with Gasteiger partial charge in [0, 0.05) is 12.6 Å². The fourth-order valence-electron chi connectivity index (χ4n) is 1.82. The molecule has 0 aliphatic carbocycles. The maximum Gasteiger partial charge on any atom is 0.00645 e. The molecule has 0 aliphatic heterocycles. The normalized spacial score (nSPS) is 16.8. The third-order valence-corrected chi connectivity index (χ3v) is 3.61. The van der Waals surface area contributed by atoms with Crippen molar-refractivity contribution in [3.63, 3.8) is 0 Å². The molecule has 0 bridgehead atoms. The van der Waals surface area contributed by atoms with Crippen molar-refractivity contribution >= 4 is 0 Å². The molecular weight excluding hydrogens is 194 g/mol. The van der Waals surface area contributed by atoms with Gasteiger partial charge in [-0.1, -0.05) is 57.5 Å². The van der Waals surface area contributed by atoms with Crippen molar-refractivity contribution in [3.8, 4) is 0 Å². The van der Waals surface area contributed by atoms with Crippen LogP contribution >= 0.6 is 0 Å². The molecule has 0 aliphatic rings. The highest BCUT2D eigenvalue weighted by atomic mass is 14.9. The second-order valence-corrected chi connectivity index (χ2v) is 4.89. The van der Waals surface area contributed by atoms with Crippen molar-refractivity contribution in [1.29, 1.82) is 0 Å². The lowest BCUT2D eigenvalue weighted by atomic mass is 9.98. The predicted molar refractivity (Wildman–Crippen MR) is 71.8 cm³/mol. The zero-order valence-electron chi connectivity index (χ0n) is 11.0. The first-order chi connectivity index (χ1) is 7.65. The lowest BCUT2D eigenvalue weighted by Gasteiger charge is -2.22. The Kier molecular flexibility index (Phi) is 5.54. The summed E-state index contributed by atoms with van der Waals surface area (Å²) < 4.78 is 0. The second-order valence-electron chi connectivity index (χ2n) is 4.89. The SMILES string of the molecule is CCC(C)C(C)NCC(C)c1ccccc1. The minimum Gasteiger partial charge on any atom is -0.313 e. The Labute approximate surface area is 100 Å². The van der Waals surface area contributed by atoms with E-state index in [-0.39, 0.29) is 0 Å². The molecule has 1 N–H and O–H groups in total. The van der Waals surface area contributed by atoms with Gasteiger partial charge < -0.3 is 5.32 Å². The molecule has 0 aromatic heterocycles. The van der Waals surface area contributed by atoms with Crippen molar-refractivity contribution in [1.82, 2.24) is 5.32 Å². The van der Waals surface area contributed by atoms with E-state index >= 15 is 0 Å². The second kappa shape index (κ2) is 6.70. The van der Waals surface area contributed by atoms with Crippen molar-refractivity contribution < 1.29 is 0 Å². The van der Waals surface area contributed by atoms with E-state index in [2.05, 4.69) is 63.3 Å². The van der Waals surface area contributed by atoms with E-state index in [0.29, 0.717) is 12.0 Å². The van der Waals surface area contributed by atoms with Gasteiger partial charge in [0.05, 0.1) is 0 Å². The van der Waals surface area contributed by atoms with Crippen LogP contribution in [0.1, 0.15) is 45.6 Å². The maximum absolute atomic E-state index is 3.63. The van der Waals surface area contributed by atoms with E-state index in [1.165, 1.54) is 12.0 Å². The molecule has 0 spiro atoms. The Bertz CT molecular complexity index is 281. The Morgan fingerprint density at radius 3 is 2.25 bits per heavy atom. The smallest absolute Gasteiger partial charge is 0.00645 e. The van der Waals surface area contributed by atoms with Crippen LogP contribution in [0.3, 0.4) is 0 Å². The maximum atomic E-state index is 3.63. The molecule has 0 heterocycles. The number of hydrogen-bond donors (Lipinski definition) is 1. The van der Waals surface area contributed by atoms with E-state index in [0.717, 1.165) is 12.5 Å². The van der Waals surface area contributed by atoms with Crippen molar-refractivity contribution in [2.75, 3.05) is 6.54 Å². The van der Waals surface area contributed by atoms with E-state index < -0.39 is 0 Å². The van der Waals surface area contributed by atoms with Gasteiger partial charge in [-0.2, -0.15) is 0 Å². The molecule has 90 valence electrons. The summed E-state index contributed by atoms with van der Waals surface area (Å²) in [4.78, 5) is 0. The van der Waals surface area contributed by atoms with Gasteiger partial charge in [0.2, 0.25) is 0 Å². The van der Waals surface area contributed by atoms with E-state index in [9.17, 15) is 0 Å². The fourth-order valence-corrected chi connectivity index (χ4v) is 1.82. The fraction of sp³-hybridized carbons (Fsp3) is 0.600. The number of rotatable bonds is 6. The van der Waals surface area contributed by atoms with Crippen LogP contribution in [-0.4, -0.2) is 12.6 Å². The average Bonchev–Trinajstić information content (AvgIpc) is 2.35. The summed E-state index contributed by atoms with van der Waals surface area (Å²) in [5.41, 5.74) is 1.42. The lowest BCUT2D eigenvalue weighted by Crippen LogP contribution is -2.34. The summed E-state index contributed by atoms with van der Waals surface area (Å²) in [6.45, 7) is 10.2. The molecule has 0 amide bonds. The topological polar surface area (TPSA) is 12.0 Å². The lowest BCUT2D eigenvalue weighted by molar-refractivity contribution is 0.383. The van der Waals surface area contributed by atoms with Gasteiger partial charge in [0.1, 0.15) is 0 Å². The third kappa shape index (κ3) is 3.97. The summed E-state index contributed by atoms with van der Waals surface area (Å²) in [7, 11) is 0. The van der Waals surface area contributed by atoms with Crippen LogP contribution in [0.4, 0.5) is 0 Å². The van der Waals surface area contributed by atoms with Crippen LogP contribution in [0, 0.1) is 5.92 Å². The van der Waals surface area contributed by atoms with E-state index in [1.54, 1.807) is 0 Å². The minimum atomic E-state index is 0.590. The van der Waals surface area contributed by atoms with Crippen LogP contribution in [0.15, 0.2) is 30.3 Å². The number of benzene rings is 1. The molecule has 0 fully saturated rings. The highest BCUT2D eigenvalue weighted by Gasteiger charge is 2.11. The Hall–Kier alpha value is -0.820. The van der Waals surface area contributed by atoms with Gasteiger partial charge in [-0.25, -0.2) is 0 Å². The standard InChI is InChI=1S/C15H25N/c1-5-12(2)14(4)16-11-13(3)15-9-7-6-8-10-15/h6-10,12-14,16H,5,11H2,1-4H3. The Morgan fingerprint density at radius 1 is 1.06 bits per heavy atom. The van der Waals surface area contributed by atoms with Crippen LogP contribution in [-0.2, 0) is 0 Å². The molecule has 0 radical (unpaired) electrons. The molecule has 1 aromatic carbocycles. The van der Waals surface area contributed by atoms with Gasteiger partial charge in [-0.15, -0.1) is 0 Å². The van der Waals surface area contributed by atoms with Crippen LogP contribution in [0.25, 0.3) is 0 Å². The van der Waals surface area contributed by atoms with Crippen molar-refractivity contribution in [3.05, 3.63) is 35.9 Å². The van der Waals surface area contributed by atoms with Gasteiger partial charge >= 0.3 is 0 Å². The quantitative estimate of drug-likeness (QED) is 0.767. The summed E-state index contributed by atoms with van der Waals surface area (Å²) in [6, 6.07) is 11.3. The van der Waals surface area contributed by atoms with Crippen molar-refractivity contribution in [2.24, 2.45) is 5.92 Å². The third-order valence-electron chi connectivity index (χ3n) is 3.61. The monoisotopic (exact) mass is 219 g/mol. The molecule has 3 unspecified atom stereocenters. The number of nitrogens with one attached hydrogen (secondary N) is 1. The minimum absolute atomic E-state index is 0.590. The highest BCUT2D eigenvalue weighted by molar-refractivity contribution is 5.18. The molecule has 1 heteroatoms. The molecule has 3 atom stereocenters. The zero-order chi connectivity index (χ0) is 12.0. The molecular formula is C15H25N. The summed E-state index contributed by atoms with van der Waals surface area (Å²) >= 11 is 0. The summed E-state index contributed by atoms with van der Waals surface area (Å²) in [5.74, 6) is 1.34. The first-order valence-corrected chi connectivity index (χ1v) is 6.43. The van der Waals surface area contributed by atoms with Crippen LogP contribution in [0.5, 0.6) is 0 Å². The average molecular weight is 219 g/mol. The Balaban J connectivity index is 2.38. The molecule has 1 nitrogen and oxygen atoms in total. The first-order valence-electron chi connectivity index (χ1n) is 6.43. The summed E-state index contributed by atoms with van der Waals surface area (Å²) in [6.07, 6.45) is 1.24. The predicted octanol–water partition coefficient (Wildman–Crippen LogP) is 3.81. The Morgan fingerprint density at radius 2 is 1.69 bits per heavy atom. The van der Waals surface area contributed by atoms with Gasteiger partial charge in [-0.3, -0.25) is 0 Å². The number of hydrogen-bond acceptors (Lipinski definition) is 1. The largest absolute Gasteiger partial charge is 0.313 e. The highest BCUT2D eigenvalue weighted by Crippen LogP contribution is 2.14.